The average molecular weight is 425 g/mol. The van der Waals surface area contributed by atoms with Gasteiger partial charge in [0, 0.05) is 18.4 Å². The van der Waals surface area contributed by atoms with Crippen molar-refractivity contribution >= 4 is 29.0 Å². The van der Waals surface area contributed by atoms with Gasteiger partial charge in [0.05, 0.1) is 23.2 Å². The number of methoxy groups -OCH3 is 1. The summed E-state index contributed by atoms with van der Waals surface area (Å²) in [6.07, 6.45) is -3.82. The third-order valence-electron chi connectivity index (χ3n) is 4.79. The molecule has 0 amide bonds. The summed E-state index contributed by atoms with van der Waals surface area (Å²) in [7, 11) is 1.56. The van der Waals surface area contributed by atoms with Crippen LogP contribution in [-0.4, -0.2) is 23.4 Å². The number of aldehydes is 1. The third-order valence-corrected chi connectivity index (χ3v) is 4.79. The van der Waals surface area contributed by atoms with Crippen LogP contribution in [0.4, 0.5) is 24.8 Å². The van der Waals surface area contributed by atoms with Gasteiger partial charge in [-0.25, -0.2) is 4.98 Å². The molecule has 1 heterocycles. The molecule has 0 aliphatic carbocycles. The van der Waals surface area contributed by atoms with Crippen molar-refractivity contribution < 1.29 is 22.7 Å². The highest BCUT2D eigenvalue weighted by atomic mass is 19.4. The number of aromatic nitrogens is 2. The molecule has 0 saturated carbocycles. The van der Waals surface area contributed by atoms with Gasteiger partial charge in [0.2, 0.25) is 5.95 Å². The van der Waals surface area contributed by atoms with E-state index in [9.17, 15) is 18.0 Å². The maximum absolute atomic E-state index is 13.8. The van der Waals surface area contributed by atoms with Gasteiger partial charge in [-0.2, -0.15) is 13.2 Å². The average Bonchev–Trinajstić information content (AvgIpc) is 3.14. The molecule has 0 spiro atoms. The van der Waals surface area contributed by atoms with Gasteiger partial charge in [-0.05, 0) is 41.0 Å². The monoisotopic (exact) mass is 425 g/mol. The SMILES string of the molecule is COCc1ccc(-c2cc3nc(Nc4cccc(C=O)c4)[nH]c3cc2C(F)(F)F)cc1. The Hall–Kier alpha value is -3.65. The zero-order chi connectivity index (χ0) is 22.0. The standard InChI is InChI=1S/C23H18F3N3O2/c1-31-13-14-5-7-16(8-6-14)18-10-20-21(11-19(18)23(24,25)26)29-22(28-20)27-17-4-2-3-15(9-17)12-30/h2-12H,13H2,1H3,(H2,27,28,29). The minimum Gasteiger partial charge on any atom is -0.380 e. The minimum atomic E-state index is -4.54. The quantitative estimate of drug-likeness (QED) is 0.375. The molecule has 158 valence electrons. The topological polar surface area (TPSA) is 67.0 Å². The number of H-pyrrole nitrogens is 1. The van der Waals surface area contributed by atoms with Crippen LogP contribution in [0.15, 0.2) is 60.7 Å². The minimum absolute atomic E-state index is 0.0463. The molecule has 0 bridgehead atoms. The highest BCUT2D eigenvalue weighted by Gasteiger charge is 2.34. The maximum Gasteiger partial charge on any atom is 0.417 e. The van der Waals surface area contributed by atoms with Crippen LogP contribution in [0.3, 0.4) is 0 Å². The number of hydrogen-bond donors (Lipinski definition) is 2. The number of aromatic amines is 1. The Labute approximate surface area is 175 Å². The third kappa shape index (κ3) is 4.44. The summed E-state index contributed by atoms with van der Waals surface area (Å²) in [6, 6.07) is 15.9. The number of imidazole rings is 1. The number of anilines is 2. The van der Waals surface area contributed by atoms with E-state index in [0.29, 0.717) is 35.2 Å². The zero-order valence-electron chi connectivity index (χ0n) is 16.5. The predicted molar refractivity (Wildman–Crippen MR) is 112 cm³/mol. The van der Waals surface area contributed by atoms with Crippen molar-refractivity contribution in [1.82, 2.24) is 9.97 Å². The number of nitrogens with one attached hydrogen (secondary N) is 2. The second kappa shape index (κ2) is 8.23. The van der Waals surface area contributed by atoms with Crippen LogP contribution in [0.5, 0.6) is 0 Å². The molecule has 0 saturated heterocycles. The van der Waals surface area contributed by atoms with Crippen molar-refractivity contribution in [2.75, 3.05) is 12.4 Å². The van der Waals surface area contributed by atoms with E-state index >= 15 is 0 Å². The van der Waals surface area contributed by atoms with Gasteiger partial charge in [0.25, 0.3) is 0 Å². The fraction of sp³-hybridized carbons (Fsp3) is 0.130. The summed E-state index contributed by atoms with van der Waals surface area (Å²) < 4.78 is 46.4. The van der Waals surface area contributed by atoms with Crippen LogP contribution in [-0.2, 0) is 17.5 Å². The molecule has 0 unspecified atom stereocenters. The zero-order valence-corrected chi connectivity index (χ0v) is 16.5. The van der Waals surface area contributed by atoms with E-state index in [1.807, 2.05) is 0 Å². The fourth-order valence-corrected chi connectivity index (χ4v) is 3.36. The number of nitrogens with zero attached hydrogens (tertiary/aromatic N) is 1. The Morgan fingerprint density at radius 3 is 2.55 bits per heavy atom. The highest BCUT2D eigenvalue weighted by Crippen LogP contribution is 2.39. The predicted octanol–water partition coefficient (Wildman–Crippen LogP) is 5.95. The van der Waals surface area contributed by atoms with Crippen LogP contribution < -0.4 is 5.32 Å². The Kier molecular flexibility index (Phi) is 5.48. The first kappa shape index (κ1) is 20.6. The summed E-state index contributed by atoms with van der Waals surface area (Å²) in [4.78, 5) is 18.2. The van der Waals surface area contributed by atoms with E-state index in [1.54, 1.807) is 55.6 Å². The molecule has 31 heavy (non-hydrogen) atoms. The lowest BCUT2D eigenvalue weighted by Gasteiger charge is -2.13. The number of rotatable bonds is 6. The summed E-state index contributed by atoms with van der Waals surface area (Å²) in [6.45, 7) is 0.380. The lowest BCUT2D eigenvalue weighted by molar-refractivity contribution is -0.137. The van der Waals surface area contributed by atoms with Gasteiger partial charge in [0.15, 0.2) is 0 Å². The van der Waals surface area contributed by atoms with E-state index in [4.69, 9.17) is 4.74 Å². The summed E-state index contributed by atoms with van der Waals surface area (Å²) in [5.74, 6) is 0.277. The Morgan fingerprint density at radius 2 is 1.87 bits per heavy atom. The summed E-state index contributed by atoms with van der Waals surface area (Å²) in [5.41, 5.74) is 2.30. The Balaban J connectivity index is 1.76. The van der Waals surface area contributed by atoms with E-state index in [0.717, 1.165) is 11.6 Å². The molecule has 5 nitrogen and oxygen atoms in total. The van der Waals surface area contributed by atoms with Gasteiger partial charge >= 0.3 is 6.18 Å². The molecule has 0 aliphatic rings. The fourth-order valence-electron chi connectivity index (χ4n) is 3.36. The first-order valence-corrected chi connectivity index (χ1v) is 9.39. The number of benzene rings is 3. The van der Waals surface area contributed by atoms with E-state index in [1.165, 1.54) is 6.07 Å². The molecular weight excluding hydrogens is 407 g/mol. The lowest BCUT2D eigenvalue weighted by Crippen LogP contribution is -2.07. The van der Waals surface area contributed by atoms with Crippen LogP contribution in [0.25, 0.3) is 22.2 Å². The van der Waals surface area contributed by atoms with Gasteiger partial charge in [-0.3, -0.25) is 4.79 Å². The van der Waals surface area contributed by atoms with Crippen molar-refractivity contribution in [3.63, 3.8) is 0 Å². The molecule has 4 aromatic rings. The summed E-state index contributed by atoms with van der Waals surface area (Å²) in [5, 5.41) is 2.99. The second-order valence-electron chi connectivity index (χ2n) is 7.00. The first-order chi connectivity index (χ1) is 14.9. The number of hydrogen-bond acceptors (Lipinski definition) is 4. The smallest absolute Gasteiger partial charge is 0.380 e. The Morgan fingerprint density at radius 1 is 1.10 bits per heavy atom. The van der Waals surface area contributed by atoms with Gasteiger partial charge in [-0.1, -0.05) is 36.4 Å². The van der Waals surface area contributed by atoms with Gasteiger partial charge in [-0.15, -0.1) is 0 Å². The summed E-state index contributed by atoms with van der Waals surface area (Å²) >= 11 is 0. The largest absolute Gasteiger partial charge is 0.417 e. The number of carbonyl (C=O) groups excluding carboxylic acids is 1. The normalized spacial score (nSPS) is 11.6. The molecule has 0 aliphatic heterocycles. The molecule has 0 radical (unpaired) electrons. The number of alkyl halides is 3. The maximum atomic E-state index is 13.8. The van der Waals surface area contributed by atoms with Crippen molar-refractivity contribution in [2.45, 2.75) is 12.8 Å². The highest BCUT2D eigenvalue weighted by molar-refractivity contribution is 5.87. The van der Waals surface area contributed by atoms with Crippen LogP contribution in [0, 0.1) is 0 Å². The molecule has 3 aromatic carbocycles. The molecule has 0 fully saturated rings. The second-order valence-corrected chi connectivity index (χ2v) is 7.00. The molecule has 8 heteroatoms. The number of fused-ring (bicyclic) bond motifs is 1. The molecule has 2 N–H and O–H groups in total. The van der Waals surface area contributed by atoms with E-state index < -0.39 is 11.7 Å². The molecular formula is C23H18F3N3O2. The first-order valence-electron chi connectivity index (χ1n) is 9.39. The van der Waals surface area contributed by atoms with E-state index in [-0.39, 0.29) is 17.0 Å². The lowest BCUT2D eigenvalue weighted by atomic mass is 9.97. The van der Waals surface area contributed by atoms with Crippen LogP contribution in [0.1, 0.15) is 21.5 Å². The number of halogens is 3. The van der Waals surface area contributed by atoms with Crippen molar-refractivity contribution in [3.05, 3.63) is 77.4 Å². The molecule has 4 rings (SSSR count). The molecule has 0 atom stereocenters. The van der Waals surface area contributed by atoms with Crippen LogP contribution >= 0.6 is 0 Å². The van der Waals surface area contributed by atoms with Crippen molar-refractivity contribution in [1.29, 1.82) is 0 Å². The van der Waals surface area contributed by atoms with Crippen molar-refractivity contribution in [2.24, 2.45) is 0 Å². The van der Waals surface area contributed by atoms with Crippen molar-refractivity contribution in [3.8, 4) is 11.1 Å². The number of ether oxygens (including phenoxy) is 1. The number of carbonyl (C=O) groups is 1. The van der Waals surface area contributed by atoms with Gasteiger partial charge in [0.1, 0.15) is 6.29 Å². The van der Waals surface area contributed by atoms with Gasteiger partial charge < -0.3 is 15.0 Å². The van der Waals surface area contributed by atoms with E-state index in [2.05, 4.69) is 15.3 Å². The Bertz CT molecular complexity index is 1230. The molecule has 1 aromatic heterocycles. The van der Waals surface area contributed by atoms with Crippen LogP contribution in [0.2, 0.25) is 0 Å².